The van der Waals surface area contributed by atoms with Crippen LogP contribution in [-0.2, 0) is 11.8 Å². The van der Waals surface area contributed by atoms with Crippen molar-refractivity contribution in [2.45, 2.75) is 45.6 Å². The average molecular weight is 273 g/mol. The van der Waals surface area contributed by atoms with E-state index in [1.165, 1.54) is 20.9 Å². The topological polar surface area (TPSA) is 26.0 Å². The third-order valence-electron chi connectivity index (χ3n) is 3.44. The lowest BCUT2D eigenvalue weighted by molar-refractivity contribution is 0.578. The van der Waals surface area contributed by atoms with Gasteiger partial charge in [0, 0.05) is 9.75 Å². The molecule has 2 aromatic rings. The largest absolute Gasteiger partial charge is 0.320 e. The third-order valence-corrected chi connectivity index (χ3v) is 4.75. The van der Waals surface area contributed by atoms with E-state index in [2.05, 4.69) is 64.1 Å². The standard InChI is InChI=1S/C17H23NS/c1-5-12-10-11-15(19-12)16(18)13-8-6-7-9-14(13)17(2,3)4/h6-11,16H,5,18H2,1-4H3. The zero-order valence-corrected chi connectivity index (χ0v) is 13.1. The highest BCUT2D eigenvalue weighted by Gasteiger charge is 2.22. The van der Waals surface area contributed by atoms with Crippen LogP contribution in [-0.4, -0.2) is 0 Å². The number of hydrogen-bond donors (Lipinski definition) is 1. The summed E-state index contributed by atoms with van der Waals surface area (Å²) in [5, 5.41) is 0. The van der Waals surface area contributed by atoms with Gasteiger partial charge in [-0.3, -0.25) is 0 Å². The van der Waals surface area contributed by atoms with E-state index in [-0.39, 0.29) is 11.5 Å². The van der Waals surface area contributed by atoms with Gasteiger partial charge in [-0.15, -0.1) is 11.3 Å². The molecule has 0 bridgehead atoms. The first-order valence-electron chi connectivity index (χ1n) is 6.87. The summed E-state index contributed by atoms with van der Waals surface area (Å²) >= 11 is 1.83. The van der Waals surface area contributed by atoms with Crippen molar-refractivity contribution >= 4 is 11.3 Å². The smallest absolute Gasteiger partial charge is 0.0648 e. The molecule has 0 saturated carbocycles. The van der Waals surface area contributed by atoms with E-state index in [0.717, 1.165) is 6.42 Å². The van der Waals surface area contributed by atoms with Gasteiger partial charge in [0.1, 0.15) is 0 Å². The van der Waals surface area contributed by atoms with Gasteiger partial charge < -0.3 is 5.73 Å². The Kier molecular flexibility index (Phi) is 4.12. The second kappa shape index (κ2) is 5.48. The molecule has 0 spiro atoms. The Morgan fingerprint density at radius 3 is 2.37 bits per heavy atom. The average Bonchev–Trinajstić information content (AvgIpc) is 2.85. The SMILES string of the molecule is CCc1ccc(C(N)c2ccccc2C(C)(C)C)s1. The highest BCUT2D eigenvalue weighted by atomic mass is 32.1. The molecule has 1 unspecified atom stereocenters. The predicted molar refractivity (Wildman–Crippen MR) is 84.9 cm³/mol. The monoisotopic (exact) mass is 273 g/mol. The Labute approximate surface area is 120 Å². The quantitative estimate of drug-likeness (QED) is 0.865. The van der Waals surface area contributed by atoms with Crippen molar-refractivity contribution in [1.82, 2.24) is 0 Å². The van der Waals surface area contributed by atoms with E-state index in [1.807, 2.05) is 11.3 Å². The van der Waals surface area contributed by atoms with Gasteiger partial charge in [-0.1, -0.05) is 52.0 Å². The van der Waals surface area contributed by atoms with Gasteiger partial charge in [0.05, 0.1) is 6.04 Å². The first-order chi connectivity index (χ1) is 8.93. The molecule has 2 heteroatoms. The van der Waals surface area contributed by atoms with Crippen molar-refractivity contribution < 1.29 is 0 Å². The van der Waals surface area contributed by atoms with E-state index >= 15 is 0 Å². The van der Waals surface area contributed by atoms with Crippen LogP contribution >= 0.6 is 11.3 Å². The maximum Gasteiger partial charge on any atom is 0.0648 e. The molecule has 0 fully saturated rings. The summed E-state index contributed by atoms with van der Waals surface area (Å²) in [7, 11) is 0. The van der Waals surface area contributed by atoms with Crippen LogP contribution in [0.25, 0.3) is 0 Å². The third kappa shape index (κ3) is 3.07. The van der Waals surface area contributed by atoms with Crippen molar-refractivity contribution in [3.63, 3.8) is 0 Å². The maximum atomic E-state index is 6.49. The van der Waals surface area contributed by atoms with Crippen LogP contribution in [0.2, 0.25) is 0 Å². The molecule has 1 aromatic carbocycles. The van der Waals surface area contributed by atoms with Crippen molar-refractivity contribution in [3.05, 3.63) is 57.3 Å². The molecule has 1 atom stereocenters. The predicted octanol–water partition coefficient (Wildman–Crippen LogP) is 4.66. The molecule has 0 aliphatic rings. The van der Waals surface area contributed by atoms with Crippen LogP contribution in [0.3, 0.4) is 0 Å². The van der Waals surface area contributed by atoms with Gasteiger partial charge in [-0.25, -0.2) is 0 Å². The Bertz CT molecular complexity index is 548. The summed E-state index contributed by atoms with van der Waals surface area (Å²) in [6.07, 6.45) is 1.08. The molecule has 19 heavy (non-hydrogen) atoms. The molecule has 0 amide bonds. The molecule has 0 saturated heterocycles. The summed E-state index contributed by atoms with van der Waals surface area (Å²) in [4.78, 5) is 2.66. The maximum absolute atomic E-state index is 6.49. The number of thiophene rings is 1. The summed E-state index contributed by atoms with van der Waals surface area (Å²) in [6, 6.07) is 12.9. The van der Waals surface area contributed by atoms with E-state index in [1.54, 1.807) is 0 Å². The van der Waals surface area contributed by atoms with Crippen LogP contribution in [0.5, 0.6) is 0 Å². The molecule has 1 nitrogen and oxygen atoms in total. The minimum Gasteiger partial charge on any atom is -0.320 e. The van der Waals surface area contributed by atoms with Gasteiger partial charge in [-0.05, 0) is 35.1 Å². The number of benzene rings is 1. The summed E-state index contributed by atoms with van der Waals surface area (Å²) in [5.74, 6) is 0. The van der Waals surface area contributed by atoms with Crippen molar-refractivity contribution in [3.8, 4) is 0 Å². The molecule has 0 radical (unpaired) electrons. The summed E-state index contributed by atoms with van der Waals surface area (Å²) in [6.45, 7) is 8.91. The first kappa shape index (κ1) is 14.3. The lowest BCUT2D eigenvalue weighted by Crippen LogP contribution is -2.20. The Morgan fingerprint density at radius 2 is 1.79 bits per heavy atom. The molecular weight excluding hydrogens is 250 g/mol. The summed E-state index contributed by atoms with van der Waals surface area (Å²) in [5.41, 5.74) is 9.21. The minimum absolute atomic E-state index is 0.0132. The zero-order chi connectivity index (χ0) is 14.0. The second-order valence-corrected chi connectivity index (χ2v) is 7.17. The molecule has 2 N–H and O–H groups in total. The van der Waals surface area contributed by atoms with Gasteiger partial charge in [-0.2, -0.15) is 0 Å². The molecular formula is C17H23NS. The van der Waals surface area contributed by atoms with E-state index < -0.39 is 0 Å². The number of hydrogen-bond acceptors (Lipinski definition) is 2. The molecule has 1 heterocycles. The Hall–Kier alpha value is -1.12. The normalized spacial score (nSPS) is 13.5. The highest BCUT2D eigenvalue weighted by molar-refractivity contribution is 7.12. The molecule has 2 rings (SSSR count). The van der Waals surface area contributed by atoms with Crippen LogP contribution in [0.4, 0.5) is 0 Å². The lowest BCUT2D eigenvalue weighted by Gasteiger charge is -2.25. The van der Waals surface area contributed by atoms with Gasteiger partial charge in [0.15, 0.2) is 0 Å². The zero-order valence-electron chi connectivity index (χ0n) is 12.2. The number of rotatable bonds is 3. The van der Waals surface area contributed by atoms with Gasteiger partial charge in [0.25, 0.3) is 0 Å². The summed E-state index contributed by atoms with van der Waals surface area (Å²) < 4.78 is 0. The minimum atomic E-state index is -0.0132. The van der Waals surface area contributed by atoms with Gasteiger partial charge in [0.2, 0.25) is 0 Å². The van der Waals surface area contributed by atoms with Gasteiger partial charge >= 0.3 is 0 Å². The molecule has 1 aromatic heterocycles. The Balaban J connectivity index is 2.41. The van der Waals surface area contributed by atoms with E-state index in [4.69, 9.17) is 5.73 Å². The fourth-order valence-corrected chi connectivity index (χ4v) is 3.33. The molecule has 0 aliphatic carbocycles. The van der Waals surface area contributed by atoms with Crippen molar-refractivity contribution in [1.29, 1.82) is 0 Å². The van der Waals surface area contributed by atoms with E-state index in [0.29, 0.717) is 0 Å². The van der Waals surface area contributed by atoms with Crippen LogP contribution in [0, 0.1) is 0 Å². The fraction of sp³-hybridized carbons (Fsp3) is 0.412. The van der Waals surface area contributed by atoms with Crippen LogP contribution < -0.4 is 5.73 Å². The van der Waals surface area contributed by atoms with Crippen LogP contribution in [0.1, 0.15) is 54.6 Å². The fourth-order valence-electron chi connectivity index (χ4n) is 2.36. The van der Waals surface area contributed by atoms with Crippen LogP contribution in [0.15, 0.2) is 36.4 Å². The molecule has 0 aliphatic heterocycles. The lowest BCUT2D eigenvalue weighted by atomic mass is 9.82. The molecule has 102 valence electrons. The second-order valence-electron chi connectivity index (χ2n) is 5.97. The Morgan fingerprint density at radius 1 is 1.11 bits per heavy atom. The highest BCUT2D eigenvalue weighted by Crippen LogP contribution is 2.33. The van der Waals surface area contributed by atoms with Crippen molar-refractivity contribution in [2.24, 2.45) is 5.73 Å². The number of nitrogens with two attached hydrogens (primary N) is 1. The number of aryl methyl sites for hydroxylation is 1. The van der Waals surface area contributed by atoms with E-state index in [9.17, 15) is 0 Å². The first-order valence-corrected chi connectivity index (χ1v) is 7.68. The van der Waals surface area contributed by atoms with Crippen molar-refractivity contribution in [2.75, 3.05) is 0 Å².